The van der Waals surface area contributed by atoms with Crippen molar-refractivity contribution in [2.45, 2.75) is 44.8 Å². The molecule has 140 valence electrons. The fourth-order valence-corrected chi connectivity index (χ4v) is 4.97. The van der Waals surface area contributed by atoms with E-state index in [1.807, 2.05) is 6.26 Å². The molecule has 5 heterocycles. The van der Waals surface area contributed by atoms with Gasteiger partial charge in [-0.1, -0.05) is 23.8 Å². The van der Waals surface area contributed by atoms with E-state index in [-0.39, 0.29) is 0 Å². The van der Waals surface area contributed by atoms with E-state index in [1.54, 1.807) is 6.26 Å². The Labute approximate surface area is 163 Å². The minimum absolute atomic E-state index is 0.423. The fourth-order valence-electron chi connectivity index (χ4n) is 4.97. The second-order valence-electron chi connectivity index (χ2n) is 8.08. The molecule has 2 atom stereocenters. The van der Waals surface area contributed by atoms with Crippen LogP contribution in [0.2, 0.25) is 0 Å². The Kier molecular flexibility index (Phi) is 3.47. The van der Waals surface area contributed by atoms with E-state index in [0.717, 1.165) is 29.9 Å². The van der Waals surface area contributed by atoms with Crippen molar-refractivity contribution in [3.05, 3.63) is 77.5 Å². The van der Waals surface area contributed by atoms with Crippen LogP contribution in [0.1, 0.15) is 41.3 Å². The quantitative estimate of drug-likeness (QED) is 0.530. The van der Waals surface area contributed by atoms with Crippen molar-refractivity contribution in [3.8, 4) is 11.3 Å². The van der Waals surface area contributed by atoms with Gasteiger partial charge in [0.15, 0.2) is 5.65 Å². The molecule has 2 aliphatic rings. The third-order valence-corrected chi connectivity index (χ3v) is 6.31. The van der Waals surface area contributed by atoms with Gasteiger partial charge in [0.05, 0.1) is 23.9 Å². The lowest BCUT2D eigenvalue weighted by Crippen LogP contribution is -2.38. The second kappa shape index (κ2) is 6.04. The molecule has 0 aliphatic carbocycles. The van der Waals surface area contributed by atoms with E-state index in [9.17, 15) is 0 Å². The summed E-state index contributed by atoms with van der Waals surface area (Å²) in [5.41, 5.74) is 8.26. The molecule has 0 unspecified atom stereocenters. The maximum Gasteiger partial charge on any atom is 0.155 e. The van der Waals surface area contributed by atoms with Gasteiger partial charge in [0.1, 0.15) is 0 Å². The first-order chi connectivity index (χ1) is 13.8. The maximum atomic E-state index is 5.27. The van der Waals surface area contributed by atoms with Gasteiger partial charge in [0.25, 0.3) is 0 Å². The molecule has 5 heteroatoms. The van der Waals surface area contributed by atoms with Crippen molar-refractivity contribution in [1.82, 2.24) is 19.5 Å². The monoisotopic (exact) mass is 370 g/mol. The van der Waals surface area contributed by atoms with Gasteiger partial charge < -0.3 is 4.42 Å². The zero-order valence-electron chi connectivity index (χ0n) is 15.9. The number of fused-ring (bicyclic) bond motifs is 6. The van der Waals surface area contributed by atoms with Gasteiger partial charge in [-0.05, 0) is 31.9 Å². The van der Waals surface area contributed by atoms with Gasteiger partial charge in [-0.15, -0.1) is 0 Å². The maximum absolute atomic E-state index is 5.27. The van der Waals surface area contributed by atoms with Gasteiger partial charge in [-0.3, -0.25) is 4.90 Å². The number of furan rings is 1. The van der Waals surface area contributed by atoms with Gasteiger partial charge in [0.2, 0.25) is 0 Å². The molecule has 2 bridgehead atoms. The van der Waals surface area contributed by atoms with Crippen LogP contribution in [0.15, 0.2) is 59.5 Å². The van der Waals surface area contributed by atoms with Gasteiger partial charge in [-0.25, -0.2) is 9.50 Å². The highest BCUT2D eigenvalue weighted by atomic mass is 16.3. The highest BCUT2D eigenvalue weighted by molar-refractivity contribution is 5.65. The molecule has 28 heavy (non-hydrogen) atoms. The van der Waals surface area contributed by atoms with Crippen molar-refractivity contribution in [1.29, 1.82) is 0 Å². The fraction of sp³-hybridized carbons (Fsp3) is 0.304. The first kappa shape index (κ1) is 16.1. The van der Waals surface area contributed by atoms with Crippen LogP contribution in [-0.2, 0) is 13.0 Å². The van der Waals surface area contributed by atoms with Crippen LogP contribution < -0.4 is 0 Å². The van der Waals surface area contributed by atoms with Gasteiger partial charge in [0, 0.05) is 54.0 Å². The van der Waals surface area contributed by atoms with Crippen LogP contribution in [0.25, 0.3) is 16.9 Å². The standard InChI is InChI=1S/C23H22N4O/c1-15-3-2-4-17(9-15)20-11-23-24-12-19-21-6-5-18(10-22(19)27(23)25-20)26(21)13-16-7-8-28-14-16/h2-4,7-9,11-12,14,18,21H,5-6,10,13H2,1H3/t18-,21+/m1/s1. The van der Waals surface area contributed by atoms with E-state index in [2.05, 4.69) is 58.9 Å². The molecule has 0 N–H and O–H groups in total. The topological polar surface area (TPSA) is 46.6 Å². The molecule has 1 saturated heterocycles. The minimum atomic E-state index is 0.423. The lowest BCUT2D eigenvalue weighted by Gasteiger charge is -2.35. The zero-order valence-corrected chi connectivity index (χ0v) is 15.9. The van der Waals surface area contributed by atoms with Crippen LogP contribution in [0.4, 0.5) is 0 Å². The average molecular weight is 370 g/mol. The van der Waals surface area contributed by atoms with E-state index in [4.69, 9.17) is 14.5 Å². The highest BCUT2D eigenvalue weighted by Crippen LogP contribution is 2.44. The van der Waals surface area contributed by atoms with Crippen LogP contribution in [0.3, 0.4) is 0 Å². The number of hydrogen-bond donors (Lipinski definition) is 0. The third kappa shape index (κ3) is 2.43. The van der Waals surface area contributed by atoms with Crippen molar-refractivity contribution in [2.24, 2.45) is 0 Å². The normalized spacial score (nSPS) is 21.3. The molecular weight excluding hydrogens is 348 g/mol. The van der Waals surface area contributed by atoms with Gasteiger partial charge in [-0.2, -0.15) is 5.10 Å². The molecule has 2 aliphatic heterocycles. The molecule has 1 fully saturated rings. The molecule has 0 spiro atoms. The molecule has 4 aromatic rings. The van der Waals surface area contributed by atoms with Crippen LogP contribution in [0, 0.1) is 6.92 Å². The molecule has 5 nitrogen and oxygen atoms in total. The van der Waals surface area contributed by atoms with Crippen molar-refractivity contribution in [3.63, 3.8) is 0 Å². The lowest BCUT2D eigenvalue weighted by atomic mass is 9.98. The van der Waals surface area contributed by atoms with E-state index < -0.39 is 0 Å². The van der Waals surface area contributed by atoms with Crippen molar-refractivity contribution in [2.75, 3.05) is 0 Å². The number of aromatic nitrogens is 3. The first-order valence-corrected chi connectivity index (χ1v) is 9.98. The summed E-state index contributed by atoms with van der Waals surface area (Å²) in [5.74, 6) is 0. The first-order valence-electron chi connectivity index (χ1n) is 9.98. The summed E-state index contributed by atoms with van der Waals surface area (Å²) in [7, 11) is 0. The Hall–Kier alpha value is -2.92. The molecule has 1 aromatic carbocycles. The average Bonchev–Trinajstić information content (AvgIpc) is 3.42. The number of nitrogens with zero attached hydrogens (tertiary/aromatic N) is 4. The lowest BCUT2D eigenvalue weighted by molar-refractivity contribution is 0.165. The predicted molar refractivity (Wildman–Crippen MR) is 107 cm³/mol. The Morgan fingerprint density at radius 1 is 1.18 bits per heavy atom. The second-order valence-corrected chi connectivity index (χ2v) is 8.08. The summed E-state index contributed by atoms with van der Waals surface area (Å²) in [6.07, 6.45) is 9.15. The minimum Gasteiger partial charge on any atom is -0.472 e. The SMILES string of the molecule is Cc1cccc(-c2cc3ncc4c(n3n2)C[C@H]2CC[C@@H]4N2Cc2ccoc2)c1. The number of aryl methyl sites for hydroxylation is 1. The largest absolute Gasteiger partial charge is 0.472 e. The Balaban J connectivity index is 1.42. The molecule has 6 rings (SSSR count). The summed E-state index contributed by atoms with van der Waals surface area (Å²) in [6, 6.07) is 13.7. The van der Waals surface area contributed by atoms with Crippen LogP contribution in [-0.4, -0.2) is 25.5 Å². The Bertz CT molecular complexity index is 1160. The van der Waals surface area contributed by atoms with Crippen molar-refractivity contribution >= 4 is 5.65 Å². The van der Waals surface area contributed by atoms with Gasteiger partial charge >= 0.3 is 0 Å². The molecular formula is C23H22N4O. The summed E-state index contributed by atoms with van der Waals surface area (Å²) < 4.78 is 7.36. The van der Waals surface area contributed by atoms with E-state index in [1.165, 1.54) is 35.2 Å². The summed E-state index contributed by atoms with van der Waals surface area (Å²) in [5, 5.41) is 4.96. The molecule has 3 aromatic heterocycles. The number of hydrogen-bond acceptors (Lipinski definition) is 4. The Morgan fingerprint density at radius 3 is 3.00 bits per heavy atom. The predicted octanol–water partition coefficient (Wildman–Crippen LogP) is 4.56. The van der Waals surface area contributed by atoms with Crippen molar-refractivity contribution < 1.29 is 4.42 Å². The molecule has 0 amide bonds. The number of benzene rings is 1. The van der Waals surface area contributed by atoms with E-state index >= 15 is 0 Å². The highest BCUT2D eigenvalue weighted by Gasteiger charge is 2.41. The van der Waals surface area contributed by atoms with E-state index in [0.29, 0.717) is 12.1 Å². The summed E-state index contributed by atoms with van der Waals surface area (Å²) in [4.78, 5) is 7.38. The zero-order chi connectivity index (χ0) is 18.7. The summed E-state index contributed by atoms with van der Waals surface area (Å²) >= 11 is 0. The molecule has 0 radical (unpaired) electrons. The number of rotatable bonds is 3. The molecule has 0 saturated carbocycles. The van der Waals surface area contributed by atoms with Crippen LogP contribution in [0.5, 0.6) is 0 Å². The third-order valence-electron chi connectivity index (χ3n) is 6.31. The smallest absolute Gasteiger partial charge is 0.155 e. The summed E-state index contributed by atoms with van der Waals surface area (Å²) in [6.45, 7) is 3.06. The Morgan fingerprint density at radius 2 is 2.14 bits per heavy atom. The van der Waals surface area contributed by atoms with Crippen LogP contribution >= 0.6 is 0 Å².